The summed E-state index contributed by atoms with van der Waals surface area (Å²) < 4.78 is 27.7. The Bertz CT molecular complexity index is 833. The summed E-state index contributed by atoms with van der Waals surface area (Å²) >= 11 is 0. The Hall–Kier alpha value is -2.12. The lowest BCUT2D eigenvalue weighted by molar-refractivity contribution is -0.140. The molecule has 0 aromatic heterocycles. The molecule has 0 saturated carbocycles. The van der Waals surface area contributed by atoms with E-state index in [9.17, 15) is 18.3 Å². The van der Waals surface area contributed by atoms with Crippen molar-refractivity contribution in [2.45, 2.75) is 31.2 Å². The number of carbonyl (C=O) groups is 1. The Morgan fingerprint density at radius 2 is 1.83 bits per heavy atom. The van der Waals surface area contributed by atoms with Crippen LogP contribution in [-0.4, -0.2) is 25.5 Å². The van der Waals surface area contributed by atoms with Crippen LogP contribution in [0.1, 0.15) is 20.3 Å². The van der Waals surface area contributed by atoms with Gasteiger partial charge in [0.1, 0.15) is 6.04 Å². The lowest BCUT2D eigenvalue weighted by Crippen LogP contribution is -2.44. The van der Waals surface area contributed by atoms with Gasteiger partial charge in [-0.1, -0.05) is 44.5 Å². The molecule has 2 aromatic carbocycles. The molecule has 0 saturated heterocycles. The molecule has 124 valence electrons. The van der Waals surface area contributed by atoms with E-state index in [1.165, 1.54) is 12.1 Å². The van der Waals surface area contributed by atoms with Crippen molar-refractivity contribution in [1.29, 1.82) is 0 Å². The zero-order chi connectivity index (χ0) is 17.2. The van der Waals surface area contributed by atoms with Gasteiger partial charge in [0.15, 0.2) is 0 Å². The molecule has 7 heteroatoms. The lowest BCUT2D eigenvalue weighted by Gasteiger charge is -2.20. The summed E-state index contributed by atoms with van der Waals surface area (Å²) in [5, 5.41) is 10.4. The molecule has 0 radical (unpaired) electrons. The van der Waals surface area contributed by atoms with Gasteiger partial charge in [0.25, 0.3) is 0 Å². The number of benzene rings is 2. The fourth-order valence-corrected chi connectivity index (χ4v) is 3.91. The molecule has 0 spiro atoms. The fourth-order valence-electron chi connectivity index (χ4n) is 2.41. The minimum absolute atomic E-state index is 0.0249. The third kappa shape index (κ3) is 3.46. The lowest BCUT2D eigenvalue weighted by atomic mass is 10.0. The molecule has 0 bridgehead atoms. The number of carboxylic acid groups (broad SMARTS) is 1. The van der Waals surface area contributed by atoms with Gasteiger partial charge in [-0.25, -0.2) is 8.42 Å². The van der Waals surface area contributed by atoms with Gasteiger partial charge in [-0.15, -0.1) is 0 Å². The minimum Gasteiger partial charge on any atom is -0.480 e. The summed E-state index contributed by atoms with van der Waals surface area (Å²) in [6.07, 6.45) is 0.544. The molecule has 0 fully saturated rings. The van der Waals surface area contributed by atoms with Crippen LogP contribution in [0.3, 0.4) is 0 Å². The minimum atomic E-state index is -3.99. The second-order valence-corrected chi connectivity index (χ2v) is 7.20. The van der Waals surface area contributed by atoms with E-state index in [2.05, 4.69) is 4.72 Å². The molecule has 0 amide bonds. The van der Waals surface area contributed by atoms with Gasteiger partial charge in [-0.05, 0) is 18.1 Å². The molecular formula is C16H20N2O4S. The van der Waals surface area contributed by atoms with Gasteiger partial charge in [0.2, 0.25) is 10.0 Å². The summed E-state index contributed by atoms with van der Waals surface area (Å²) in [4.78, 5) is 11.4. The van der Waals surface area contributed by atoms with Crippen molar-refractivity contribution in [3.63, 3.8) is 0 Å². The van der Waals surface area contributed by atoms with Crippen molar-refractivity contribution in [1.82, 2.24) is 4.72 Å². The van der Waals surface area contributed by atoms with Crippen molar-refractivity contribution >= 4 is 32.5 Å². The van der Waals surface area contributed by atoms with E-state index in [0.29, 0.717) is 22.9 Å². The topological polar surface area (TPSA) is 109 Å². The Labute approximate surface area is 135 Å². The SMILES string of the molecule is CCC(C)C(NS(=O)(=O)c1ccc(N)c2ccccc12)C(=O)O. The number of hydrogen-bond donors (Lipinski definition) is 3. The first-order valence-corrected chi connectivity index (χ1v) is 8.78. The maximum atomic E-state index is 12.7. The molecule has 23 heavy (non-hydrogen) atoms. The van der Waals surface area contributed by atoms with Crippen molar-refractivity contribution in [3.05, 3.63) is 36.4 Å². The molecule has 6 nitrogen and oxygen atoms in total. The Morgan fingerprint density at radius 3 is 2.39 bits per heavy atom. The van der Waals surface area contributed by atoms with E-state index in [0.717, 1.165) is 0 Å². The highest BCUT2D eigenvalue weighted by Gasteiger charge is 2.30. The number of carboxylic acids is 1. The van der Waals surface area contributed by atoms with E-state index in [1.807, 2.05) is 6.92 Å². The van der Waals surface area contributed by atoms with E-state index < -0.39 is 22.0 Å². The predicted octanol–water partition coefficient (Wildman–Crippen LogP) is 2.20. The first-order chi connectivity index (χ1) is 10.8. The summed E-state index contributed by atoms with van der Waals surface area (Å²) in [7, 11) is -3.99. The van der Waals surface area contributed by atoms with Crippen molar-refractivity contribution in [3.8, 4) is 0 Å². The number of nitrogens with two attached hydrogens (primary N) is 1. The number of rotatable bonds is 6. The van der Waals surface area contributed by atoms with E-state index in [1.54, 1.807) is 31.2 Å². The molecule has 2 rings (SSSR count). The van der Waals surface area contributed by atoms with E-state index in [-0.39, 0.29) is 10.8 Å². The van der Waals surface area contributed by atoms with Crippen LogP contribution in [0.5, 0.6) is 0 Å². The number of hydrogen-bond acceptors (Lipinski definition) is 4. The number of anilines is 1. The van der Waals surface area contributed by atoms with Crippen molar-refractivity contribution < 1.29 is 18.3 Å². The second-order valence-electron chi connectivity index (χ2n) is 5.52. The van der Waals surface area contributed by atoms with Gasteiger partial charge in [0, 0.05) is 16.5 Å². The van der Waals surface area contributed by atoms with Gasteiger partial charge in [-0.2, -0.15) is 4.72 Å². The van der Waals surface area contributed by atoms with Crippen LogP contribution in [0.4, 0.5) is 5.69 Å². The third-order valence-electron chi connectivity index (χ3n) is 3.97. The van der Waals surface area contributed by atoms with Crippen LogP contribution in [0.25, 0.3) is 10.8 Å². The number of nitrogens with one attached hydrogen (secondary N) is 1. The number of aliphatic carboxylic acids is 1. The summed E-state index contributed by atoms with van der Waals surface area (Å²) in [5.74, 6) is -1.52. The van der Waals surface area contributed by atoms with Crippen molar-refractivity contribution in [2.75, 3.05) is 5.73 Å². The third-order valence-corrected chi connectivity index (χ3v) is 5.47. The van der Waals surface area contributed by atoms with Crippen LogP contribution in [0, 0.1) is 5.92 Å². The Kier molecular flexibility index (Phi) is 4.91. The van der Waals surface area contributed by atoms with Crippen LogP contribution in [-0.2, 0) is 14.8 Å². The largest absolute Gasteiger partial charge is 0.480 e. The maximum Gasteiger partial charge on any atom is 0.322 e. The zero-order valence-electron chi connectivity index (χ0n) is 13.0. The maximum absolute atomic E-state index is 12.7. The highest BCUT2D eigenvalue weighted by Crippen LogP contribution is 2.28. The van der Waals surface area contributed by atoms with Gasteiger partial charge < -0.3 is 10.8 Å². The number of nitrogen functional groups attached to an aromatic ring is 1. The summed E-state index contributed by atoms with van der Waals surface area (Å²) in [6, 6.07) is 8.59. The Morgan fingerprint density at radius 1 is 1.22 bits per heavy atom. The molecule has 0 heterocycles. The summed E-state index contributed by atoms with van der Waals surface area (Å²) in [5.41, 5.74) is 6.35. The standard InChI is InChI=1S/C16H20N2O4S/c1-3-10(2)15(16(19)20)18-23(21,22)14-9-8-13(17)11-6-4-5-7-12(11)14/h4-10,15,18H,3,17H2,1-2H3,(H,19,20). The second kappa shape index (κ2) is 6.55. The first-order valence-electron chi connectivity index (χ1n) is 7.30. The molecular weight excluding hydrogens is 316 g/mol. The monoisotopic (exact) mass is 336 g/mol. The van der Waals surface area contributed by atoms with Crippen LogP contribution in [0.2, 0.25) is 0 Å². The molecule has 0 aliphatic carbocycles. The van der Waals surface area contributed by atoms with Crippen LogP contribution in [0.15, 0.2) is 41.3 Å². The first kappa shape index (κ1) is 17.2. The quantitative estimate of drug-likeness (QED) is 0.701. The molecule has 0 aliphatic heterocycles. The highest BCUT2D eigenvalue weighted by molar-refractivity contribution is 7.89. The van der Waals surface area contributed by atoms with Gasteiger partial charge in [0.05, 0.1) is 4.90 Å². The molecule has 2 aromatic rings. The average Bonchev–Trinajstić information content (AvgIpc) is 2.52. The van der Waals surface area contributed by atoms with Gasteiger partial charge in [-0.3, -0.25) is 4.79 Å². The zero-order valence-corrected chi connectivity index (χ0v) is 13.8. The highest BCUT2D eigenvalue weighted by atomic mass is 32.2. The molecule has 0 aliphatic rings. The van der Waals surface area contributed by atoms with Crippen molar-refractivity contribution in [2.24, 2.45) is 5.92 Å². The van der Waals surface area contributed by atoms with Crippen LogP contribution >= 0.6 is 0 Å². The number of fused-ring (bicyclic) bond motifs is 1. The van der Waals surface area contributed by atoms with E-state index in [4.69, 9.17) is 5.73 Å². The smallest absolute Gasteiger partial charge is 0.322 e. The summed E-state index contributed by atoms with van der Waals surface area (Å²) in [6.45, 7) is 3.51. The average molecular weight is 336 g/mol. The van der Waals surface area contributed by atoms with E-state index >= 15 is 0 Å². The Balaban J connectivity index is 2.52. The number of sulfonamides is 1. The van der Waals surface area contributed by atoms with Crippen LogP contribution < -0.4 is 10.5 Å². The molecule has 2 atom stereocenters. The predicted molar refractivity (Wildman–Crippen MR) is 89.6 cm³/mol. The fraction of sp³-hybridized carbons (Fsp3) is 0.312. The normalized spacial score (nSPS) is 14.5. The van der Waals surface area contributed by atoms with Gasteiger partial charge >= 0.3 is 5.97 Å². The molecule has 4 N–H and O–H groups in total. The molecule has 2 unspecified atom stereocenters.